The van der Waals surface area contributed by atoms with Gasteiger partial charge in [0.1, 0.15) is 0 Å². The van der Waals surface area contributed by atoms with Gasteiger partial charge in [-0.3, -0.25) is 4.98 Å². The molecule has 72 valence electrons. The number of aromatic nitrogens is 1. The molecule has 2 rings (SSSR count). The van der Waals surface area contributed by atoms with Crippen molar-refractivity contribution in [1.29, 1.82) is 0 Å². The molecule has 0 aliphatic rings. The molecule has 2 aromatic rings. The molecule has 1 nitrogen and oxygen atoms in total. The molecule has 0 fully saturated rings. The first-order valence-electron chi connectivity index (χ1n) is 4.11. The van der Waals surface area contributed by atoms with E-state index in [1.807, 2.05) is 36.3 Å². The minimum absolute atomic E-state index is 1.03. The first-order chi connectivity index (χ1) is 6.84. The Morgan fingerprint density at radius 3 is 2.64 bits per heavy atom. The molecule has 0 amide bonds. The van der Waals surface area contributed by atoms with Crippen LogP contribution in [0, 0.1) is 0 Å². The second kappa shape index (κ2) is 4.96. The average molecular weight is 286 g/mol. The quantitative estimate of drug-likeness (QED) is 0.784. The Kier molecular flexibility index (Phi) is 3.61. The molecule has 0 aliphatic heterocycles. The number of halogens is 1. The molecule has 0 unspecified atom stereocenters. The maximum absolute atomic E-state index is 3.99. The second-order valence-electron chi connectivity index (χ2n) is 2.68. The summed E-state index contributed by atoms with van der Waals surface area (Å²) < 4.78 is 1.20. The van der Waals surface area contributed by atoms with Crippen molar-refractivity contribution in [3.63, 3.8) is 0 Å². The van der Waals surface area contributed by atoms with Crippen LogP contribution < -0.4 is 0 Å². The molecule has 0 saturated carbocycles. The van der Waals surface area contributed by atoms with E-state index in [4.69, 9.17) is 0 Å². The van der Waals surface area contributed by atoms with Crippen molar-refractivity contribution in [2.24, 2.45) is 0 Å². The molecule has 0 saturated heterocycles. The highest BCUT2D eigenvalue weighted by Gasteiger charge is 1.98. The number of nitrogens with zero attached hydrogens (tertiary/aromatic N) is 1. The van der Waals surface area contributed by atoms with E-state index in [-0.39, 0.29) is 0 Å². The molecule has 14 heavy (non-hydrogen) atoms. The van der Waals surface area contributed by atoms with E-state index in [0.29, 0.717) is 0 Å². The van der Waals surface area contributed by atoms with Gasteiger partial charge < -0.3 is 0 Å². The van der Waals surface area contributed by atoms with Gasteiger partial charge >= 0.3 is 0 Å². The normalized spacial score (nSPS) is 10.4. The molecule has 2 aromatic heterocycles. The maximum atomic E-state index is 3.99. The summed E-state index contributed by atoms with van der Waals surface area (Å²) >= 11 is 7.08. The molecule has 0 N–H and O–H groups in total. The van der Waals surface area contributed by atoms with Crippen molar-refractivity contribution in [3.8, 4) is 0 Å². The van der Waals surface area contributed by atoms with Crippen molar-refractivity contribution in [3.05, 3.63) is 45.3 Å². The van der Waals surface area contributed by atoms with Crippen LogP contribution in [0.15, 0.2) is 45.3 Å². The highest BCUT2D eigenvalue weighted by Crippen LogP contribution is 2.28. The molecule has 0 aromatic carbocycles. The van der Waals surface area contributed by atoms with Crippen molar-refractivity contribution < 1.29 is 0 Å². The zero-order chi connectivity index (χ0) is 9.80. The van der Waals surface area contributed by atoms with E-state index in [0.717, 1.165) is 5.75 Å². The van der Waals surface area contributed by atoms with Crippen molar-refractivity contribution in [2.75, 3.05) is 0 Å². The van der Waals surface area contributed by atoms with Gasteiger partial charge in [0.2, 0.25) is 0 Å². The Labute approximate surface area is 99.7 Å². The fraction of sp³-hybridized carbons (Fsp3) is 0.100. The van der Waals surface area contributed by atoms with E-state index in [9.17, 15) is 0 Å². The third kappa shape index (κ3) is 2.83. The smallest absolute Gasteiger partial charge is 0.0701 e. The summed E-state index contributed by atoms with van der Waals surface area (Å²) in [4.78, 5) is 6.64. The lowest BCUT2D eigenvalue weighted by molar-refractivity contribution is 1.26. The summed E-state index contributed by atoms with van der Waals surface area (Å²) in [5, 5.41) is 0. The van der Waals surface area contributed by atoms with E-state index in [1.54, 1.807) is 11.3 Å². The van der Waals surface area contributed by atoms with Gasteiger partial charge in [0.25, 0.3) is 0 Å². The van der Waals surface area contributed by atoms with Crippen LogP contribution in [0.4, 0.5) is 0 Å². The van der Waals surface area contributed by atoms with Crippen LogP contribution in [0.3, 0.4) is 0 Å². The number of thioether (sulfide) groups is 1. The SMILES string of the molecule is Brc1ccc(CSc2ccncc2)s1. The van der Waals surface area contributed by atoms with Gasteiger partial charge in [0.15, 0.2) is 0 Å². The summed E-state index contributed by atoms with van der Waals surface area (Å²) in [6.07, 6.45) is 3.65. The Balaban J connectivity index is 1.95. The Hall–Kier alpha value is -0.320. The largest absolute Gasteiger partial charge is 0.265 e. The van der Waals surface area contributed by atoms with Gasteiger partial charge in [0.05, 0.1) is 3.79 Å². The predicted octanol–water partition coefficient (Wildman–Crippen LogP) is 4.20. The summed E-state index contributed by atoms with van der Waals surface area (Å²) in [5.74, 6) is 1.03. The lowest BCUT2D eigenvalue weighted by atomic mass is 10.5. The van der Waals surface area contributed by atoms with Gasteiger partial charge in [0, 0.05) is 27.9 Å². The Bertz CT molecular complexity index is 400. The molecule has 0 spiro atoms. The standard InChI is InChI=1S/C10H8BrNS2/c11-10-2-1-9(14-10)7-13-8-3-5-12-6-4-8/h1-6H,7H2. The third-order valence-electron chi connectivity index (χ3n) is 1.66. The van der Waals surface area contributed by atoms with Gasteiger partial charge in [-0.15, -0.1) is 23.1 Å². The minimum atomic E-state index is 1.03. The zero-order valence-electron chi connectivity index (χ0n) is 7.31. The molecule has 0 atom stereocenters. The molecular formula is C10H8BrNS2. The molecule has 0 bridgehead atoms. The topological polar surface area (TPSA) is 12.9 Å². The fourth-order valence-electron chi connectivity index (χ4n) is 1.02. The first-order valence-corrected chi connectivity index (χ1v) is 6.71. The second-order valence-corrected chi connectivity index (χ2v) is 6.27. The Morgan fingerprint density at radius 2 is 2.00 bits per heavy atom. The number of hydrogen-bond donors (Lipinski definition) is 0. The van der Waals surface area contributed by atoms with E-state index in [2.05, 4.69) is 33.0 Å². The van der Waals surface area contributed by atoms with Crippen LogP contribution in [0.1, 0.15) is 4.88 Å². The number of rotatable bonds is 3. The predicted molar refractivity (Wildman–Crippen MR) is 65.8 cm³/mol. The molecule has 0 radical (unpaired) electrons. The van der Waals surface area contributed by atoms with Crippen LogP contribution in [-0.2, 0) is 5.75 Å². The monoisotopic (exact) mass is 285 g/mol. The third-order valence-corrected chi connectivity index (χ3v) is 4.53. The number of thiophene rings is 1. The van der Waals surface area contributed by atoms with Gasteiger partial charge in [-0.25, -0.2) is 0 Å². The van der Waals surface area contributed by atoms with Crippen molar-refractivity contribution in [2.45, 2.75) is 10.6 Å². The van der Waals surface area contributed by atoms with E-state index >= 15 is 0 Å². The lowest BCUT2D eigenvalue weighted by Gasteiger charge is -1.97. The molecule has 4 heteroatoms. The van der Waals surface area contributed by atoms with Crippen LogP contribution in [0.25, 0.3) is 0 Å². The summed E-state index contributed by atoms with van der Waals surface area (Å²) in [5.41, 5.74) is 0. The van der Waals surface area contributed by atoms with Crippen LogP contribution in [0.2, 0.25) is 0 Å². The van der Waals surface area contributed by atoms with Gasteiger partial charge in [-0.1, -0.05) is 0 Å². The molecule has 0 aliphatic carbocycles. The maximum Gasteiger partial charge on any atom is 0.0701 e. The van der Waals surface area contributed by atoms with Crippen LogP contribution in [0.5, 0.6) is 0 Å². The molecule has 2 heterocycles. The minimum Gasteiger partial charge on any atom is -0.265 e. The van der Waals surface area contributed by atoms with Gasteiger partial charge in [-0.05, 0) is 40.2 Å². The summed E-state index contributed by atoms with van der Waals surface area (Å²) in [7, 11) is 0. The molecular weight excluding hydrogens is 278 g/mol. The summed E-state index contributed by atoms with van der Waals surface area (Å²) in [6, 6.07) is 8.32. The van der Waals surface area contributed by atoms with Crippen LogP contribution >= 0.6 is 39.0 Å². The van der Waals surface area contributed by atoms with Gasteiger partial charge in [-0.2, -0.15) is 0 Å². The van der Waals surface area contributed by atoms with Crippen molar-refractivity contribution in [1.82, 2.24) is 4.98 Å². The number of hydrogen-bond acceptors (Lipinski definition) is 3. The Morgan fingerprint density at radius 1 is 1.21 bits per heavy atom. The van der Waals surface area contributed by atoms with E-state index in [1.165, 1.54) is 13.6 Å². The highest BCUT2D eigenvalue weighted by molar-refractivity contribution is 9.11. The first kappa shape index (κ1) is 10.2. The lowest BCUT2D eigenvalue weighted by Crippen LogP contribution is -1.74. The zero-order valence-corrected chi connectivity index (χ0v) is 10.5. The number of pyridine rings is 1. The van der Waals surface area contributed by atoms with E-state index < -0.39 is 0 Å². The fourth-order valence-corrected chi connectivity index (χ4v) is 3.43. The van der Waals surface area contributed by atoms with Crippen LogP contribution in [-0.4, -0.2) is 4.98 Å². The highest BCUT2D eigenvalue weighted by atomic mass is 79.9. The van der Waals surface area contributed by atoms with Crippen molar-refractivity contribution >= 4 is 39.0 Å². The average Bonchev–Trinajstić information content (AvgIpc) is 2.63. The summed E-state index contributed by atoms with van der Waals surface area (Å²) in [6.45, 7) is 0.